The molecule has 0 aromatic heterocycles. The molecule has 1 unspecified atom stereocenters. The van der Waals surface area contributed by atoms with Crippen LogP contribution in [0.4, 0.5) is 8.78 Å². The first-order valence-electron chi connectivity index (χ1n) is 6.33. The normalized spacial score (nSPS) is 16.1. The summed E-state index contributed by atoms with van der Waals surface area (Å²) in [6.45, 7) is 1.38. The van der Waals surface area contributed by atoms with Crippen molar-refractivity contribution in [3.8, 4) is 11.5 Å². The maximum atomic E-state index is 12.2. The summed E-state index contributed by atoms with van der Waals surface area (Å²) in [7, 11) is 0. The highest BCUT2D eigenvalue weighted by Crippen LogP contribution is 2.38. The summed E-state index contributed by atoms with van der Waals surface area (Å²) in [6.07, 6.45) is -3.58. The Morgan fingerprint density at radius 3 is 2.80 bits per heavy atom. The Bertz CT molecular complexity index is 459. The Balaban J connectivity index is 1.99. The van der Waals surface area contributed by atoms with Gasteiger partial charge in [0.05, 0.1) is 17.7 Å². The van der Waals surface area contributed by atoms with Crippen molar-refractivity contribution < 1.29 is 23.4 Å². The van der Waals surface area contributed by atoms with E-state index in [4.69, 9.17) is 14.6 Å². The van der Waals surface area contributed by atoms with Gasteiger partial charge in [0.15, 0.2) is 11.5 Å². The van der Waals surface area contributed by atoms with Gasteiger partial charge in [-0.25, -0.2) is 8.78 Å². The fraction of sp³-hybridized carbons (Fsp3) is 0.538. The second-order valence-corrected chi connectivity index (χ2v) is 5.34. The van der Waals surface area contributed by atoms with Crippen molar-refractivity contribution in [2.45, 2.75) is 25.5 Å². The molecule has 4 nitrogen and oxygen atoms in total. The van der Waals surface area contributed by atoms with Crippen LogP contribution in [0, 0.1) is 0 Å². The van der Waals surface area contributed by atoms with E-state index >= 15 is 0 Å². The van der Waals surface area contributed by atoms with Crippen LogP contribution in [0.2, 0.25) is 0 Å². The molecule has 112 valence electrons. The lowest BCUT2D eigenvalue weighted by molar-refractivity contribution is -0.00341. The zero-order valence-electron chi connectivity index (χ0n) is 10.7. The first-order chi connectivity index (χ1) is 9.58. The second-order valence-electron chi connectivity index (χ2n) is 4.49. The molecule has 1 aromatic carbocycles. The average Bonchev–Trinajstić information content (AvgIpc) is 2.64. The predicted molar refractivity (Wildman–Crippen MR) is 73.5 cm³/mol. The predicted octanol–water partition coefficient (Wildman–Crippen LogP) is 2.33. The molecule has 0 saturated carbocycles. The third kappa shape index (κ3) is 4.04. The second kappa shape index (κ2) is 7.19. The van der Waals surface area contributed by atoms with Crippen LogP contribution in [0.25, 0.3) is 0 Å². The lowest BCUT2D eigenvalue weighted by Gasteiger charge is -2.13. The summed E-state index contributed by atoms with van der Waals surface area (Å²) in [5.41, 5.74) is 0.864. The van der Waals surface area contributed by atoms with Gasteiger partial charge in [0.1, 0.15) is 6.10 Å². The smallest absolute Gasteiger partial charge is 0.265 e. The fourth-order valence-electron chi connectivity index (χ4n) is 1.84. The summed E-state index contributed by atoms with van der Waals surface area (Å²) >= 11 is 3.41. The number of alkyl halides is 2. The third-order valence-electron chi connectivity index (χ3n) is 2.84. The Hall–Kier alpha value is -0.920. The molecule has 1 aliphatic heterocycles. The highest BCUT2D eigenvalue weighted by atomic mass is 79.9. The summed E-state index contributed by atoms with van der Waals surface area (Å²) in [6, 6.07) is 3.66. The number of rotatable bonds is 5. The van der Waals surface area contributed by atoms with E-state index in [2.05, 4.69) is 21.2 Å². The lowest BCUT2D eigenvalue weighted by Crippen LogP contribution is -2.31. The molecule has 1 atom stereocenters. The Kier molecular flexibility index (Phi) is 5.56. The van der Waals surface area contributed by atoms with Crippen molar-refractivity contribution in [3.63, 3.8) is 0 Å². The maximum absolute atomic E-state index is 12.2. The molecule has 7 heteroatoms. The van der Waals surface area contributed by atoms with Crippen molar-refractivity contribution in [2.24, 2.45) is 0 Å². The molecular weight excluding hydrogens is 336 g/mol. The minimum absolute atomic E-state index is 0.163. The van der Waals surface area contributed by atoms with E-state index in [1.807, 2.05) is 12.1 Å². The van der Waals surface area contributed by atoms with Crippen molar-refractivity contribution >= 4 is 15.9 Å². The summed E-state index contributed by atoms with van der Waals surface area (Å²) < 4.78 is 36.2. The van der Waals surface area contributed by atoms with Gasteiger partial charge >= 0.3 is 0 Å². The molecular formula is C13H16BrF2NO3. The lowest BCUT2D eigenvalue weighted by atomic mass is 10.2. The first-order valence-corrected chi connectivity index (χ1v) is 7.12. The highest BCUT2D eigenvalue weighted by Gasteiger charge is 2.17. The van der Waals surface area contributed by atoms with E-state index in [1.54, 1.807) is 0 Å². The topological polar surface area (TPSA) is 50.7 Å². The molecule has 0 bridgehead atoms. The zero-order valence-corrected chi connectivity index (χ0v) is 12.3. The van der Waals surface area contributed by atoms with Gasteiger partial charge in [0, 0.05) is 19.5 Å². The number of halogens is 3. The molecule has 20 heavy (non-hydrogen) atoms. The van der Waals surface area contributed by atoms with Crippen molar-refractivity contribution in [2.75, 3.05) is 19.8 Å². The van der Waals surface area contributed by atoms with Gasteiger partial charge in [-0.3, -0.25) is 0 Å². The quantitative estimate of drug-likeness (QED) is 0.854. The molecule has 1 aromatic rings. The van der Waals surface area contributed by atoms with Gasteiger partial charge < -0.3 is 19.9 Å². The number of fused-ring (bicyclic) bond motifs is 1. The standard InChI is InChI=1S/C13H16BrF2NO3/c14-9-4-8(6-17-7-10(18)13(15)16)5-11-12(9)20-3-1-2-19-11/h4-5,10,13,17-18H,1-3,6-7H2. The molecule has 0 amide bonds. The van der Waals surface area contributed by atoms with Gasteiger partial charge in [-0.2, -0.15) is 0 Å². The van der Waals surface area contributed by atoms with E-state index in [0.717, 1.165) is 16.5 Å². The number of nitrogens with one attached hydrogen (secondary N) is 1. The number of benzene rings is 1. The van der Waals surface area contributed by atoms with Gasteiger partial charge in [0.2, 0.25) is 0 Å². The van der Waals surface area contributed by atoms with Crippen LogP contribution in [0.3, 0.4) is 0 Å². The van der Waals surface area contributed by atoms with E-state index in [-0.39, 0.29) is 6.54 Å². The van der Waals surface area contributed by atoms with Crippen LogP contribution in [-0.4, -0.2) is 37.4 Å². The molecule has 1 heterocycles. The number of aliphatic hydroxyl groups excluding tert-OH is 1. The SMILES string of the molecule is OC(CNCc1cc(Br)c2c(c1)OCCCO2)C(F)F. The van der Waals surface area contributed by atoms with E-state index in [9.17, 15) is 8.78 Å². The Morgan fingerprint density at radius 1 is 1.30 bits per heavy atom. The van der Waals surface area contributed by atoms with Crippen LogP contribution in [0.1, 0.15) is 12.0 Å². The summed E-state index contributed by atoms with van der Waals surface area (Å²) in [4.78, 5) is 0. The monoisotopic (exact) mass is 351 g/mol. The number of hydrogen-bond donors (Lipinski definition) is 2. The fourth-order valence-corrected chi connectivity index (χ4v) is 2.44. The van der Waals surface area contributed by atoms with Crippen LogP contribution in [0.5, 0.6) is 11.5 Å². The van der Waals surface area contributed by atoms with Gasteiger partial charge in [0.25, 0.3) is 6.43 Å². The van der Waals surface area contributed by atoms with E-state index in [0.29, 0.717) is 31.3 Å². The van der Waals surface area contributed by atoms with Gasteiger partial charge in [-0.15, -0.1) is 0 Å². The first kappa shape index (κ1) is 15.5. The van der Waals surface area contributed by atoms with Crippen LogP contribution >= 0.6 is 15.9 Å². The van der Waals surface area contributed by atoms with Gasteiger partial charge in [-0.05, 0) is 33.6 Å². The van der Waals surface area contributed by atoms with Crippen LogP contribution in [-0.2, 0) is 6.54 Å². The maximum Gasteiger partial charge on any atom is 0.265 e. The molecule has 0 spiro atoms. The molecule has 2 N–H and O–H groups in total. The number of hydrogen-bond acceptors (Lipinski definition) is 4. The molecule has 0 aliphatic carbocycles. The molecule has 1 aliphatic rings. The number of aliphatic hydroxyl groups is 1. The Labute approximate surface area is 124 Å². The Morgan fingerprint density at radius 2 is 2.05 bits per heavy atom. The summed E-state index contributed by atoms with van der Waals surface area (Å²) in [5.74, 6) is 1.31. The zero-order chi connectivity index (χ0) is 14.5. The minimum Gasteiger partial charge on any atom is -0.490 e. The van der Waals surface area contributed by atoms with E-state index in [1.165, 1.54) is 0 Å². The molecule has 2 rings (SSSR count). The molecule has 0 fully saturated rings. The average molecular weight is 352 g/mol. The number of ether oxygens (including phenoxy) is 2. The minimum atomic E-state index is -2.74. The molecule has 0 radical (unpaired) electrons. The van der Waals surface area contributed by atoms with Crippen LogP contribution in [0.15, 0.2) is 16.6 Å². The van der Waals surface area contributed by atoms with Crippen LogP contribution < -0.4 is 14.8 Å². The molecule has 0 saturated heterocycles. The van der Waals surface area contributed by atoms with E-state index < -0.39 is 12.5 Å². The largest absolute Gasteiger partial charge is 0.490 e. The van der Waals surface area contributed by atoms with Gasteiger partial charge in [-0.1, -0.05) is 0 Å². The summed E-state index contributed by atoms with van der Waals surface area (Å²) in [5, 5.41) is 11.8. The highest BCUT2D eigenvalue weighted by molar-refractivity contribution is 9.10. The third-order valence-corrected chi connectivity index (χ3v) is 3.42. The van der Waals surface area contributed by atoms with Crippen molar-refractivity contribution in [1.29, 1.82) is 0 Å². The van der Waals surface area contributed by atoms with Crippen molar-refractivity contribution in [3.05, 3.63) is 22.2 Å². The van der Waals surface area contributed by atoms with Crippen molar-refractivity contribution in [1.82, 2.24) is 5.32 Å².